The molecule has 2 saturated heterocycles. The lowest BCUT2D eigenvalue weighted by Gasteiger charge is -2.32. The molecule has 4 rings (SSSR count). The highest BCUT2D eigenvalue weighted by Gasteiger charge is 2.27. The molecule has 2 aliphatic heterocycles. The van der Waals surface area contributed by atoms with Crippen molar-refractivity contribution in [1.82, 2.24) is 24.6 Å². The molecule has 2 fully saturated rings. The van der Waals surface area contributed by atoms with Crippen LogP contribution < -0.4 is 0 Å². The van der Waals surface area contributed by atoms with E-state index in [4.69, 9.17) is 0 Å². The minimum absolute atomic E-state index is 0.109. The first-order valence-electron chi connectivity index (χ1n) is 10.3. The van der Waals surface area contributed by atoms with E-state index in [2.05, 4.69) is 31.6 Å². The summed E-state index contributed by atoms with van der Waals surface area (Å²) >= 11 is 0. The Balaban J connectivity index is 1.41. The highest BCUT2D eigenvalue weighted by atomic mass is 19.1. The number of nitrogens with zero attached hydrogens (tertiary/aromatic N) is 5. The summed E-state index contributed by atoms with van der Waals surface area (Å²) in [5.74, 6) is 2.42. The number of likely N-dealkylation sites (tertiary alicyclic amines) is 2. The van der Waals surface area contributed by atoms with Crippen molar-refractivity contribution in [1.29, 1.82) is 0 Å². The molecule has 1 aromatic carbocycles. The fourth-order valence-electron chi connectivity index (χ4n) is 4.46. The van der Waals surface area contributed by atoms with Crippen molar-refractivity contribution in [3.05, 3.63) is 47.3 Å². The van der Waals surface area contributed by atoms with E-state index >= 15 is 0 Å². The van der Waals surface area contributed by atoms with Crippen LogP contribution in [-0.4, -0.2) is 50.7 Å². The van der Waals surface area contributed by atoms with E-state index in [9.17, 15) is 4.39 Å². The second kappa shape index (κ2) is 8.48. The second-order valence-electron chi connectivity index (χ2n) is 8.04. The Morgan fingerprint density at radius 2 is 1.74 bits per heavy atom. The van der Waals surface area contributed by atoms with Gasteiger partial charge in [0, 0.05) is 31.6 Å². The Kier molecular flexibility index (Phi) is 5.83. The molecule has 27 heavy (non-hydrogen) atoms. The number of rotatable bonds is 5. The van der Waals surface area contributed by atoms with Gasteiger partial charge in [-0.3, -0.25) is 9.80 Å². The van der Waals surface area contributed by atoms with Crippen LogP contribution in [0.2, 0.25) is 0 Å². The molecule has 6 heteroatoms. The molecule has 0 unspecified atom stereocenters. The zero-order valence-electron chi connectivity index (χ0n) is 16.3. The fourth-order valence-corrected chi connectivity index (χ4v) is 4.46. The van der Waals surface area contributed by atoms with Crippen molar-refractivity contribution in [2.75, 3.05) is 26.2 Å². The third kappa shape index (κ3) is 4.38. The monoisotopic (exact) mass is 371 g/mol. The molecule has 0 N–H and O–H groups in total. The standard InChI is InChI=1S/C21H30FN5/c1-25-20(16-26-11-5-2-6-12-26)23-24-21(25)18-9-7-13-27(15-18)14-17-8-3-4-10-19(17)22/h3-4,8,10,18H,2,5-7,9,11-16H2,1H3/t18-/m1/s1. The third-order valence-corrected chi connectivity index (χ3v) is 6.03. The van der Waals surface area contributed by atoms with Crippen LogP contribution in [0, 0.1) is 5.82 Å². The first-order valence-corrected chi connectivity index (χ1v) is 10.3. The van der Waals surface area contributed by atoms with Gasteiger partial charge in [-0.1, -0.05) is 24.6 Å². The summed E-state index contributed by atoms with van der Waals surface area (Å²) in [7, 11) is 2.10. The van der Waals surface area contributed by atoms with Gasteiger partial charge in [-0.2, -0.15) is 0 Å². The van der Waals surface area contributed by atoms with E-state index in [1.165, 1.54) is 32.4 Å². The summed E-state index contributed by atoms with van der Waals surface area (Å²) < 4.78 is 16.2. The summed E-state index contributed by atoms with van der Waals surface area (Å²) in [6.45, 7) is 5.84. The van der Waals surface area contributed by atoms with Crippen molar-refractivity contribution in [2.24, 2.45) is 7.05 Å². The van der Waals surface area contributed by atoms with Crippen molar-refractivity contribution in [3.63, 3.8) is 0 Å². The molecular weight excluding hydrogens is 341 g/mol. The van der Waals surface area contributed by atoms with Gasteiger partial charge < -0.3 is 4.57 Å². The Hall–Kier alpha value is -1.79. The quantitative estimate of drug-likeness (QED) is 0.808. The largest absolute Gasteiger partial charge is 0.317 e. The minimum atomic E-state index is -0.109. The average Bonchev–Trinajstić information content (AvgIpc) is 3.05. The number of piperidine rings is 2. The zero-order chi connectivity index (χ0) is 18.6. The summed E-state index contributed by atoms with van der Waals surface area (Å²) in [6.07, 6.45) is 6.17. The van der Waals surface area contributed by atoms with Crippen LogP contribution in [0.3, 0.4) is 0 Å². The Morgan fingerprint density at radius 3 is 2.56 bits per heavy atom. The zero-order valence-corrected chi connectivity index (χ0v) is 16.3. The second-order valence-corrected chi connectivity index (χ2v) is 8.04. The maximum absolute atomic E-state index is 14.0. The molecule has 2 aromatic rings. The van der Waals surface area contributed by atoms with E-state index in [0.717, 1.165) is 49.7 Å². The Labute approximate surface area is 161 Å². The van der Waals surface area contributed by atoms with E-state index in [1.54, 1.807) is 12.1 Å². The van der Waals surface area contributed by atoms with Crippen molar-refractivity contribution in [2.45, 2.75) is 51.1 Å². The molecule has 0 saturated carbocycles. The van der Waals surface area contributed by atoms with Gasteiger partial charge in [0.05, 0.1) is 6.54 Å². The molecule has 1 aromatic heterocycles. The fraction of sp³-hybridized carbons (Fsp3) is 0.619. The first-order chi connectivity index (χ1) is 13.2. The van der Waals surface area contributed by atoms with Gasteiger partial charge in [0.1, 0.15) is 17.5 Å². The maximum atomic E-state index is 14.0. The lowest BCUT2D eigenvalue weighted by atomic mass is 9.96. The number of aromatic nitrogens is 3. The van der Waals surface area contributed by atoms with Crippen molar-refractivity contribution in [3.8, 4) is 0 Å². The Morgan fingerprint density at radius 1 is 0.963 bits per heavy atom. The van der Waals surface area contributed by atoms with E-state index in [-0.39, 0.29) is 5.82 Å². The molecule has 0 radical (unpaired) electrons. The third-order valence-electron chi connectivity index (χ3n) is 6.03. The number of hydrogen-bond acceptors (Lipinski definition) is 4. The molecule has 146 valence electrons. The van der Waals surface area contributed by atoms with Gasteiger partial charge in [0.15, 0.2) is 0 Å². The highest BCUT2D eigenvalue weighted by Crippen LogP contribution is 2.27. The summed E-state index contributed by atoms with van der Waals surface area (Å²) in [5.41, 5.74) is 0.780. The molecule has 3 heterocycles. The Bertz CT molecular complexity index is 753. The van der Waals surface area contributed by atoms with Crippen LogP contribution in [0.15, 0.2) is 24.3 Å². The predicted molar refractivity (Wildman–Crippen MR) is 104 cm³/mol. The lowest BCUT2D eigenvalue weighted by Crippen LogP contribution is -2.35. The van der Waals surface area contributed by atoms with Gasteiger partial charge in [-0.05, 0) is 51.4 Å². The molecular formula is C21H30FN5. The van der Waals surface area contributed by atoms with Crippen LogP contribution in [-0.2, 0) is 20.1 Å². The molecule has 1 atom stereocenters. The van der Waals surface area contributed by atoms with Gasteiger partial charge in [0.25, 0.3) is 0 Å². The number of hydrogen-bond donors (Lipinski definition) is 0. The molecule has 0 aliphatic carbocycles. The molecule has 5 nitrogen and oxygen atoms in total. The summed E-state index contributed by atoms with van der Waals surface area (Å²) in [4.78, 5) is 4.84. The van der Waals surface area contributed by atoms with Gasteiger partial charge >= 0.3 is 0 Å². The van der Waals surface area contributed by atoms with E-state index in [1.807, 2.05) is 12.1 Å². The van der Waals surface area contributed by atoms with Crippen LogP contribution in [0.4, 0.5) is 4.39 Å². The van der Waals surface area contributed by atoms with Gasteiger partial charge in [-0.25, -0.2) is 4.39 Å². The number of benzene rings is 1. The SMILES string of the molecule is Cn1c(CN2CCCCC2)nnc1[C@@H]1CCCN(Cc2ccccc2F)C1. The summed E-state index contributed by atoms with van der Waals surface area (Å²) in [6, 6.07) is 7.10. The average molecular weight is 372 g/mol. The predicted octanol–water partition coefficient (Wildman–Crippen LogP) is 3.32. The lowest BCUT2D eigenvalue weighted by molar-refractivity contribution is 0.192. The normalized spacial score (nSPS) is 22.2. The molecule has 0 bridgehead atoms. The van der Waals surface area contributed by atoms with Crippen LogP contribution >= 0.6 is 0 Å². The topological polar surface area (TPSA) is 37.2 Å². The van der Waals surface area contributed by atoms with E-state index in [0.29, 0.717) is 12.5 Å². The maximum Gasteiger partial charge on any atom is 0.146 e. The molecule has 0 amide bonds. The smallest absolute Gasteiger partial charge is 0.146 e. The van der Waals surface area contributed by atoms with Crippen LogP contribution in [0.25, 0.3) is 0 Å². The van der Waals surface area contributed by atoms with Crippen LogP contribution in [0.1, 0.15) is 55.2 Å². The van der Waals surface area contributed by atoms with E-state index < -0.39 is 0 Å². The van der Waals surface area contributed by atoms with Crippen molar-refractivity contribution >= 4 is 0 Å². The van der Waals surface area contributed by atoms with Crippen LogP contribution in [0.5, 0.6) is 0 Å². The summed E-state index contributed by atoms with van der Waals surface area (Å²) in [5, 5.41) is 9.05. The first kappa shape index (κ1) is 18.6. The molecule has 0 spiro atoms. The van der Waals surface area contributed by atoms with Gasteiger partial charge in [0.2, 0.25) is 0 Å². The molecule has 2 aliphatic rings. The minimum Gasteiger partial charge on any atom is -0.317 e. The number of halogens is 1. The highest BCUT2D eigenvalue weighted by molar-refractivity contribution is 5.17. The van der Waals surface area contributed by atoms with Crippen molar-refractivity contribution < 1.29 is 4.39 Å². The van der Waals surface area contributed by atoms with Gasteiger partial charge in [-0.15, -0.1) is 10.2 Å².